The van der Waals surface area contributed by atoms with Crippen molar-refractivity contribution < 1.29 is 28.3 Å². The zero-order valence-electron chi connectivity index (χ0n) is 11.8. The molecule has 1 aliphatic heterocycles. The molecule has 1 aromatic rings. The SMILES string of the molecule is CN(CC(=O)O)C(=O)[C@H]1CCN(c2ccc(F)c(F)c2)C1=O. The summed E-state index contributed by atoms with van der Waals surface area (Å²) in [5.74, 6) is -5.44. The minimum atomic E-state index is -1.18. The number of halogens is 2. The van der Waals surface area contributed by atoms with Crippen LogP contribution in [-0.4, -0.2) is 47.9 Å². The van der Waals surface area contributed by atoms with Gasteiger partial charge in [0.1, 0.15) is 12.5 Å². The highest BCUT2D eigenvalue weighted by Crippen LogP contribution is 2.27. The fraction of sp³-hybridized carbons (Fsp3) is 0.357. The van der Waals surface area contributed by atoms with Crippen LogP contribution >= 0.6 is 0 Å². The number of rotatable bonds is 4. The number of carbonyl (C=O) groups is 3. The normalized spacial score (nSPS) is 17.7. The summed E-state index contributed by atoms with van der Waals surface area (Å²) in [6.45, 7) is -0.324. The smallest absolute Gasteiger partial charge is 0.323 e. The first-order valence-electron chi connectivity index (χ1n) is 6.54. The lowest BCUT2D eigenvalue weighted by atomic mass is 10.1. The highest BCUT2D eigenvalue weighted by atomic mass is 19.2. The van der Waals surface area contributed by atoms with Gasteiger partial charge in [-0.3, -0.25) is 14.4 Å². The van der Waals surface area contributed by atoms with Gasteiger partial charge in [-0.15, -0.1) is 0 Å². The highest BCUT2D eigenvalue weighted by molar-refractivity contribution is 6.09. The molecule has 1 heterocycles. The Hall–Kier alpha value is -2.51. The van der Waals surface area contributed by atoms with Crippen LogP contribution in [0.3, 0.4) is 0 Å². The van der Waals surface area contributed by atoms with Crippen molar-refractivity contribution in [2.24, 2.45) is 5.92 Å². The van der Waals surface area contributed by atoms with Crippen molar-refractivity contribution in [1.82, 2.24) is 4.90 Å². The molecular weight excluding hydrogens is 298 g/mol. The van der Waals surface area contributed by atoms with Crippen LogP contribution in [-0.2, 0) is 14.4 Å². The van der Waals surface area contributed by atoms with E-state index < -0.39 is 41.9 Å². The minimum Gasteiger partial charge on any atom is -0.480 e. The Morgan fingerprint density at radius 3 is 2.64 bits per heavy atom. The largest absolute Gasteiger partial charge is 0.480 e. The Bertz CT molecular complexity index is 635. The standard InChI is InChI=1S/C14H14F2N2O4/c1-17(7-12(19)20)13(21)9-4-5-18(14(9)22)8-2-3-10(15)11(16)6-8/h2-3,6,9H,4-5,7H2,1H3,(H,19,20)/t9-/m1/s1. The van der Waals surface area contributed by atoms with E-state index in [9.17, 15) is 23.2 Å². The molecule has 22 heavy (non-hydrogen) atoms. The number of amides is 2. The molecule has 0 radical (unpaired) electrons. The molecule has 0 unspecified atom stereocenters. The lowest BCUT2D eigenvalue weighted by molar-refractivity contribution is -0.146. The molecule has 8 heteroatoms. The van der Waals surface area contributed by atoms with Gasteiger partial charge in [0.25, 0.3) is 0 Å². The van der Waals surface area contributed by atoms with Crippen LogP contribution in [0.5, 0.6) is 0 Å². The number of nitrogens with zero attached hydrogens (tertiary/aromatic N) is 2. The molecule has 1 saturated heterocycles. The molecule has 0 aromatic heterocycles. The molecule has 1 atom stereocenters. The molecule has 0 saturated carbocycles. The number of likely N-dealkylation sites (N-methyl/N-ethyl adjacent to an activating group) is 1. The van der Waals surface area contributed by atoms with E-state index in [0.29, 0.717) is 0 Å². The molecular formula is C14H14F2N2O4. The second kappa shape index (κ2) is 6.08. The van der Waals surface area contributed by atoms with E-state index >= 15 is 0 Å². The summed E-state index contributed by atoms with van der Waals surface area (Å²) in [4.78, 5) is 37.1. The molecule has 2 rings (SSSR count). The fourth-order valence-corrected chi connectivity index (χ4v) is 2.37. The number of carboxylic acids is 1. The zero-order valence-corrected chi connectivity index (χ0v) is 11.8. The summed E-state index contributed by atoms with van der Waals surface area (Å²) in [6, 6.07) is 3.05. The van der Waals surface area contributed by atoms with Gasteiger partial charge in [0, 0.05) is 25.3 Å². The Morgan fingerprint density at radius 1 is 1.36 bits per heavy atom. The summed E-state index contributed by atoms with van der Waals surface area (Å²) < 4.78 is 26.2. The summed E-state index contributed by atoms with van der Waals surface area (Å²) in [5.41, 5.74) is 0.167. The van der Waals surface area contributed by atoms with Gasteiger partial charge in [-0.1, -0.05) is 0 Å². The van der Waals surface area contributed by atoms with E-state index in [1.54, 1.807) is 0 Å². The van der Waals surface area contributed by atoms with Crippen LogP contribution in [0.25, 0.3) is 0 Å². The molecule has 118 valence electrons. The Morgan fingerprint density at radius 2 is 2.05 bits per heavy atom. The maximum atomic E-state index is 13.2. The quantitative estimate of drug-likeness (QED) is 0.837. The van der Waals surface area contributed by atoms with E-state index in [4.69, 9.17) is 5.11 Å². The number of carbonyl (C=O) groups excluding carboxylic acids is 2. The molecule has 1 aliphatic rings. The van der Waals surface area contributed by atoms with Gasteiger partial charge in [-0.2, -0.15) is 0 Å². The van der Waals surface area contributed by atoms with Crippen molar-refractivity contribution in [2.45, 2.75) is 6.42 Å². The Balaban J connectivity index is 2.13. The maximum absolute atomic E-state index is 13.2. The third-order valence-corrected chi connectivity index (χ3v) is 3.47. The van der Waals surface area contributed by atoms with E-state index in [-0.39, 0.29) is 18.7 Å². The molecule has 0 aliphatic carbocycles. The summed E-state index contributed by atoms with van der Waals surface area (Å²) in [5, 5.41) is 8.66. The molecule has 0 bridgehead atoms. The second-order valence-electron chi connectivity index (χ2n) is 5.02. The fourth-order valence-electron chi connectivity index (χ4n) is 2.37. The summed E-state index contributed by atoms with van der Waals surface area (Å²) >= 11 is 0. The molecule has 6 nitrogen and oxygen atoms in total. The lowest BCUT2D eigenvalue weighted by Crippen LogP contribution is -2.40. The van der Waals surface area contributed by atoms with Gasteiger partial charge in [0.15, 0.2) is 11.6 Å². The van der Waals surface area contributed by atoms with Crippen molar-refractivity contribution in [1.29, 1.82) is 0 Å². The van der Waals surface area contributed by atoms with E-state index in [1.165, 1.54) is 18.0 Å². The van der Waals surface area contributed by atoms with Crippen LogP contribution in [0, 0.1) is 17.6 Å². The number of hydrogen-bond donors (Lipinski definition) is 1. The second-order valence-corrected chi connectivity index (χ2v) is 5.02. The van der Waals surface area contributed by atoms with Crippen molar-refractivity contribution in [2.75, 3.05) is 25.0 Å². The van der Waals surface area contributed by atoms with Crippen LogP contribution in [0.4, 0.5) is 14.5 Å². The number of hydrogen-bond acceptors (Lipinski definition) is 3. The van der Waals surface area contributed by atoms with Crippen LogP contribution in [0.2, 0.25) is 0 Å². The van der Waals surface area contributed by atoms with Gasteiger partial charge in [0.05, 0.1) is 0 Å². The van der Waals surface area contributed by atoms with Gasteiger partial charge >= 0.3 is 5.97 Å². The first-order valence-corrected chi connectivity index (χ1v) is 6.54. The number of carboxylic acid groups (broad SMARTS) is 1. The van der Waals surface area contributed by atoms with Crippen LogP contribution < -0.4 is 4.90 Å². The van der Waals surface area contributed by atoms with Gasteiger partial charge in [-0.25, -0.2) is 8.78 Å². The first kappa shape index (κ1) is 15.9. The van der Waals surface area contributed by atoms with Gasteiger partial charge in [-0.05, 0) is 18.6 Å². The number of benzene rings is 1. The van der Waals surface area contributed by atoms with Gasteiger partial charge in [0.2, 0.25) is 11.8 Å². The minimum absolute atomic E-state index is 0.167. The molecule has 1 N–H and O–H groups in total. The van der Waals surface area contributed by atoms with E-state index in [0.717, 1.165) is 17.0 Å². The van der Waals surface area contributed by atoms with Crippen molar-refractivity contribution in [3.63, 3.8) is 0 Å². The van der Waals surface area contributed by atoms with E-state index in [1.807, 2.05) is 0 Å². The topological polar surface area (TPSA) is 77.9 Å². The average Bonchev–Trinajstić information content (AvgIpc) is 2.82. The van der Waals surface area contributed by atoms with Crippen molar-refractivity contribution in [3.05, 3.63) is 29.8 Å². The predicted octanol–water partition coefficient (Wildman–Crippen LogP) is 0.861. The number of anilines is 1. The Labute approximate surface area is 124 Å². The first-order chi connectivity index (χ1) is 10.3. The molecule has 0 spiro atoms. The lowest BCUT2D eigenvalue weighted by Gasteiger charge is -2.20. The van der Waals surface area contributed by atoms with Crippen molar-refractivity contribution >= 4 is 23.5 Å². The highest BCUT2D eigenvalue weighted by Gasteiger charge is 2.39. The molecule has 1 aromatic carbocycles. The maximum Gasteiger partial charge on any atom is 0.323 e. The molecule has 2 amide bonds. The summed E-state index contributed by atoms with van der Waals surface area (Å²) in [7, 11) is 1.30. The summed E-state index contributed by atoms with van der Waals surface area (Å²) in [6.07, 6.45) is 0.195. The number of aliphatic carboxylic acids is 1. The van der Waals surface area contributed by atoms with Crippen molar-refractivity contribution in [3.8, 4) is 0 Å². The monoisotopic (exact) mass is 312 g/mol. The third-order valence-electron chi connectivity index (χ3n) is 3.47. The molecule has 1 fully saturated rings. The van der Waals surface area contributed by atoms with E-state index in [2.05, 4.69) is 0 Å². The third kappa shape index (κ3) is 3.05. The van der Waals surface area contributed by atoms with Crippen LogP contribution in [0.15, 0.2) is 18.2 Å². The average molecular weight is 312 g/mol. The van der Waals surface area contributed by atoms with Crippen LogP contribution in [0.1, 0.15) is 6.42 Å². The zero-order chi connectivity index (χ0) is 16.4. The Kier molecular flexibility index (Phi) is 4.39. The van der Waals surface area contributed by atoms with Gasteiger partial charge < -0.3 is 14.9 Å². The predicted molar refractivity (Wildman–Crippen MR) is 72.1 cm³/mol.